The van der Waals surface area contributed by atoms with Crippen molar-refractivity contribution in [1.82, 2.24) is 24.9 Å². The third-order valence-electron chi connectivity index (χ3n) is 10.1. The molecule has 0 saturated carbocycles. The second kappa shape index (κ2) is 18.7. The summed E-state index contributed by atoms with van der Waals surface area (Å²) in [5, 5.41) is 2.30. The second-order valence-corrected chi connectivity index (χ2v) is 14.8. The highest BCUT2D eigenvalue weighted by atomic mass is 16.7. The van der Waals surface area contributed by atoms with Crippen molar-refractivity contribution in [3.05, 3.63) is 5.82 Å². The Morgan fingerprint density at radius 3 is 1.40 bits per heavy atom. The van der Waals surface area contributed by atoms with E-state index in [0.717, 1.165) is 134 Å². The van der Waals surface area contributed by atoms with E-state index in [9.17, 15) is 0 Å². The fourth-order valence-electron chi connectivity index (χ4n) is 7.45. The molecule has 1 aromatic rings. The smallest absolute Gasteiger partial charge is 0.230 e. The molecule has 2 heterocycles. The molecule has 0 aromatic carbocycles. The molecule has 262 valence electrons. The minimum absolute atomic E-state index is 0.0906. The lowest BCUT2D eigenvalue weighted by atomic mass is 9.76. The fraction of sp³-hybridized carbons (Fsp3) is 0.919. The number of hydrogen-bond donors (Lipinski definition) is 0. The molecule has 0 aliphatic carbocycles. The summed E-state index contributed by atoms with van der Waals surface area (Å²) in [4.78, 5) is 30.1. The average molecular weight is 632 g/mol. The van der Waals surface area contributed by atoms with Gasteiger partial charge in [-0.3, -0.25) is 9.74 Å². The first-order valence-corrected chi connectivity index (χ1v) is 18.8. The summed E-state index contributed by atoms with van der Waals surface area (Å²) in [6, 6.07) is 0.368. The molecule has 1 aliphatic heterocycles. The quantitative estimate of drug-likeness (QED) is 0.126. The van der Waals surface area contributed by atoms with Gasteiger partial charge in [-0.15, -0.1) is 0 Å². The number of hydroxylamine groups is 2. The maximum atomic E-state index is 6.40. The van der Waals surface area contributed by atoms with Gasteiger partial charge in [-0.05, 0) is 92.5 Å². The van der Waals surface area contributed by atoms with Gasteiger partial charge in [0.05, 0.1) is 12.1 Å². The van der Waals surface area contributed by atoms with Crippen LogP contribution in [0.15, 0.2) is 0 Å². The van der Waals surface area contributed by atoms with E-state index in [4.69, 9.17) is 19.8 Å². The van der Waals surface area contributed by atoms with Gasteiger partial charge >= 0.3 is 0 Å². The molecule has 8 heteroatoms. The number of piperidine rings is 1. The summed E-state index contributed by atoms with van der Waals surface area (Å²) in [7, 11) is 2.34. The average Bonchev–Trinajstić information content (AvgIpc) is 3.00. The fourth-order valence-corrected chi connectivity index (χ4v) is 7.45. The standard InChI is InChI=1S/C37H73N7O/c1-13-20-24-42(25-21-14-2)33-38-32(39-34(40-33)43(26-22-15-3)27-23-16-4)37(18-6,19-7)41(12)31-29-35(8,9)44(45-28-17-5)36(10,11)30-31/h31H,13-30H2,1-12H3. The van der Waals surface area contributed by atoms with E-state index in [0.29, 0.717) is 6.04 Å². The van der Waals surface area contributed by atoms with Crippen molar-refractivity contribution >= 4 is 11.9 Å². The largest absolute Gasteiger partial charge is 0.341 e. The van der Waals surface area contributed by atoms with Crippen molar-refractivity contribution in [3.8, 4) is 0 Å². The lowest BCUT2D eigenvalue weighted by molar-refractivity contribution is -0.290. The predicted molar refractivity (Wildman–Crippen MR) is 193 cm³/mol. The predicted octanol–water partition coefficient (Wildman–Crippen LogP) is 9.00. The lowest BCUT2D eigenvalue weighted by Gasteiger charge is -2.57. The van der Waals surface area contributed by atoms with Gasteiger partial charge in [0.25, 0.3) is 0 Å². The van der Waals surface area contributed by atoms with Gasteiger partial charge in [0.2, 0.25) is 11.9 Å². The van der Waals surface area contributed by atoms with Crippen LogP contribution >= 0.6 is 0 Å². The van der Waals surface area contributed by atoms with E-state index in [1.165, 1.54) is 0 Å². The van der Waals surface area contributed by atoms with Crippen LogP contribution in [0.1, 0.15) is 165 Å². The van der Waals surface area contributed by atoms with E-state index in [1.807, 2.05) is 0 Å². The Balaban J connectivity index is 2.70. The lowest BCUT2D eigenvalue weighted by Crippen LogP contribution is -2.65. The minimum Gasteiger partial charge on any atom is -0.341 e. The Kier molecular flexibility index (Phi) is 16.5. The first kappa shape index (κ1) is 39.7. The van der Waals surface area contributed by atoms with Crippen molar-refractivity contribution in [2.24, 2.45) is 0 Å². The van der Waals surface area contributed by atoms with Gasteiger partial charge in [-0.2, -0.15) is 20.0 Å². The zero-order valence-electron chi connectivity index (χ0n) is 31.8. The molecule has 2 rings (SSSR count). The van der Waals surface area contributed by atoms with Crippen molar-refractivity contribution in [2.75, 3.05) is 49.6 Å². The highest BCUT2D eigenvalue weighted by molar-refractivity contribution is 5.40. The summed E-state index contributed by atoms with van der Waals surface area (Å²) in [5.41, 5.74) is -0.475. The molecule has 8 nitrogen and oxygen atoms in total. The topological polar surface area (TPSA) is 60.9 Å². The molecule has 1 saturated heterocycles. The van der Waals surface area contributed by atoms with Gasteiger partial charge in [-0.1, -0.05) is 74.1 Å². The van der Waals surface area contributed by atoms with Crippen LogP contribution in [-0.2, 0) is 10.4 Å². The first-order chi connectivity index (χ1) is 21.4. The number of anilines is 2. The normalized spacial score (nSPS) is 17.3. The molecule has 45 heavy (non-hydrogen) atoms. The summed E-state index contributed by atoms with van der Waals surface area (Å²) >= 11 is 0. The Morgan fingerprint density at radius 2 is 1.07 bits per heavy atom. The Morgan fingerprint density at radius 1 is 0.667 bits per heavy atom. The van der Waals surface area contributed by atoms with Gasteiger partial charge in [0.1, 0.15) is 0 Å². The Labute approximate surface area is 279 Å². The molecule has 0 radical (unpaired) electrons. The number of rotatable bonds is 22. The Hall–Kier alpha value is -1.51. The van der Waals surface area contributed by atoms with E-state index in [-0.39, 0.29) is 16.6 Å². The van der Waals surface area contributed by atoms with Crippen molar-refractivity contribution in [3.63, 3.8) is 0 Å². The van der Waals surface area contributed by atoms with Gasteiger partial charge in [0.15, 0.2) is 5.82 Å². The van der Waals surface area contributed by atoms with Crippen LogP contribution in [0.4, 0.5) is 11.9 Å². The van der Waals surface area contributed by atoms with E-state index in [1.54, 1.807) is 0 Å². The van der Waals surface area contributed by atoms with Crippen molar-refractivity contribution < 1.29 is 4.84 Å². The number of hydrogen-bond acceptors (Lipinski definition) is 8. The summed E-state index contributed by atoms with van der Waals surface area (Å²) in [6.45, 7) is 30.1. The van der Waals surface area contributed by atoms with Crippen molar-refractivity contribution in [2.45, 2.75) is 182 Å². The summed E-state index contributed by atoms with van der Waals surface area (Å²) < 4.78 is 0. The molecular weight excluding hydrogens is 558 g/mol. The molecule has 0 unspecified atom stereocenters. The second-order valence-electron chi connectivity index (χ2n) is 14.8. The van der Waals surface area contributed by atoms with Crippen LogP contribution in [0.5, 0.6) is 0 Å². The molecule has 1 aliphatic rings. The zero-order chi connectivity index (χ0) is 33.7. The molecule has 0 spiro atoms. The Bertz CT molecular complexity index is 892. The van der Waals surface area contributed by atoms with Crippen LogP contribution in [0.3, 0.4) is 0 Å². The van der Waals surface area contributed by atoms with Crippen LogP contribution in [-0.4, -0.2) is 81.9 Å². The van der Waals surface area contributed by atoms with Gasteiger partial charge in [0, 0.05) is 43.3 Å². The third-order valence-corrected chi connectivity index (χ3v) is 10.1. The van der Waals surface area contributed by atoms with Crippen LogP contribution in [0.2, 0.25) is 0 Å². The van der Waals surface area contributed by atoms with Gasteiger partial charge in [-0.25, -0.2) is 0 Å². The number of unbranched alkanes of at least 4 members (excludes halogenated alkanes) is 4. The van der Waals surface area contributed by atoms with Gasteiger partial charge < -0.3 is 9.80 Å². The highest BCUT2D eigenvalue weighted by Gasteiger charge is 2.51. The van der Waals surface area contributed by atoms with Crippen LogP contribution in [0.25, 0.3) is 0 Å². The monoisotopic (exact) mass is 632 g/mol. The van der Waals surface area contributed by atoms with E-state index < -0.39 is 0 Å². The van der Waals surface area contributed by atoms with Crippen molar-refractivity contribution in [1.29, 1.82) is 0 Å². The van der Waals surface area contributed by atoms with E-state index >= 15 is 0 Å². The van der Waals surface area contributed by atoms with E-state index in [2.05, 4.69) is 103 Å². The number of aromatic nitrogens is 3. The maximum Gasteiger partial charge on any atom is 0.230 e. The molecule has 0 N–H and O–H groups in total. The molecule has 0 amide bonds. The SMILES string of the molecule is CCCCN(CCCC)c1nc(N(CCCC)CCCC)nc(C(CC)(CC)N(C)C2CC(C)(C)N(OCCC)C(C)(C)C2)n1. The highest BCUT2D eigenvalue weighted by Crippen LogP contribution is 2.45. The molecule has 1 fully saturated rings. The minimum atomic E-state index is -0.294. The third kappa shape index (κ3) is 10.2. The van der Waals surface area contributed by atoms with Crippen LogP contribution < -0.4 is 9.80 Å². The molecule has 0 atom stereocenters. The number of nitrogens with zero attached hydrogens (tertiary/aromatic N) is 7. The zero-order valence-corrected chi connectivity index (χ0v) is 31.8. The molecular formula is C37H73N7O. The molecule has 1 aromatic heterocycles. The first-order valence-electron chi connectivity index (χ1n) is 18.8. The van der Waals surface area contributed by atoms with Crippen LogP contribution in [0, 0.1) is 0 Å². The summed E-state index contributed by atoms with van der Waals surface area (Å²) in [5.74, 6) is 2.70. The molecule has 0 bridgehead atoms. The summed E-state index contributed by atoms with van der Waals surface area (Å²) in [6.07, 6.45) is 14.2. The maximum absolute atomic E-state index is 6.40.